The first-order valence-electron chi connectivity index (χ1n) is 5.50. The van der Waals surface area contributed by atoms with Crippen molar-refractivity contribution >= 4 is 30.1 Å². The quantitative estimate of drug-likeness (QED) is 0.713. The molecule has 104 valence electrons. The largest absolute Gasteiger partial charge is 0.494 e. The van der Waals surface area contributed by atoms with Gasteiger partial charge in [0.15, 0.2) is 0 Å². The Morgan fingerprint density at radius 2 is 2.16 bits per heavy atom. The maximum Gasteiger partial charge on any atom is 0.247 e. The average molecular weight is 286 g/mol. The molecule has 1 rings (SSSR count). The van der Waals surface area contributed by atoms with Crippen molar-refractivity contribution in [2.75, 3.05) is 18.2 Å². The highest BCUT2D eigenvalue weighted by molar-refractivity contribution is 7.80. The van der Waals surface area contributed by atoms with E-state index in [1.165, 1.54) is 26.2 Å². The average Bonchev–Trinajstić information content (AvgIpc) is 2.37. The molecule has 0 spiro atoms. The fraction of sp³-hybridized carbons (Fsp3) is 0.333. The van der Waals surface area contributed by atoms with E-state index in [1.54, 1.807) is 0 Å². The number of rotatable bonds is 5. The van der Waals surface area contributed by atoms with E-state index < -0.39 is 17.8 Å². The van der Waals surface area contributed by atoms with Crippen molar-refractivity contribution in [3.05, 3.63) is 24.0 Å². The standard InChI is InChI=1S/C12H15FN2O3S/c1-7(16)14-10(6-19)12(17)15-9-4-3-8(13)5-11(9)18-2/h3-5,10,19H,6H2,1-2H3,(H,14,16)(H,15,17). The van der Waals surface area contributed by atoms with Crippen LogP contribution >= 0.6 is 12.6 Å². The minimum atomic E-state index is -0.768. The molecule has 0 aliphatic heterocycles. The van der Waals surface area contributed by atoms with Gasteiger partial charge in [-0.15, -0.1) is 0 Å². The van der Waals surface area contributed by atoms with Crippen LogP contribution in [0.5, 0.6) is 5.75 Å². The lowest BCUT2D eigenvalue weighted by atomic mass is 10.2. The Morgan fingerprint density at radius 1 is 1.47 bits per heavy atom. The van der Waals surface area contributed by atoms with Crippen LogP contribution < -0.4 is 15.4 Å². The summed E-state index contributed by atoms with van der Waals surface area (Å²) in [4.78, 5) is 22.8. The number of hydrogen-bond donors (Lipinski definition) is 3. The monoisotopic (exact) mass is 286 g/mol. The summed E-state index contributed by atoms with van der Waals surface area (Å²) in [6, 6.07) is 2.97. The summed E-state index contributed by atoms with van der Waals surface area (Å²) in [6.07, 6.45) is 0. The summed E-state index contributed by atoms with van der Waals surface area (Å²) < 4.78 is 18.0. The molecular weight excluding hydrogens is 271 g/mol. The first-order valence-corrected chi connectivity index (χ1v) is 6.13. The zero-order valence-electron chi connectivity index (χ0n) is 10.6. The minimum absolute atomic E-state index is 0.148. The van der Waals surface area contributed by atoms with E-state index in [9.17, 15) is 14.0 Å². The highest BCUT2D eigenvalue weighted by atomic mass is 32.1. The van der Waals surface area contributed by atoms with E-state index in [0.717, 1.165) is 6.07 Å². The minimum Gasteiger partial charge on any atom is -0.494 e. The van der Waals surface area contributed by atoms with Crippen LogP contribution in [0.15, 0.2) is 18.2 Å². The third-order valence-corrected chi connectivity index (χ3v) is 2.66. The van der Waals surface area contributed by atoms with Gasteiger partial charge in [-0.1, -0.05) is 0 Å². The predicted octanol–water partition coefficient (Wildman–Crippen LogP) is 1.21. The molecule has 7 heteroatoms. The number of nitrogens with one attached hydrogen (secondary N) is 2. The van der Waals surface area contributed by atoms with Gasteiger partial charge in [0.05, 0.1) is 12.8 Å². The maximum atomic E-state index is 13.0. The van der Waals surface area contributed by atoms with Crippen molar-refractivity contribution in [2.24, 2.45) is 0 Å². The molecule has 0 bridgehead atoms. The smallest absolute Gasteiger partial charge is 0.247 e. The van der Waals surface area contributed by atoms with Crippen LogP contribution in [0, 0.1) is 5.82 Å². The van der Waals surface area contributed by atoms with Gasteiger partial charge in [0.2, 0.25) is 11.8 Å². The van der Waals surface area contributed by atoms with Crippen molar-refractivity contribution in [1.29, 1.82) is 0 Å². The normalized spacial score (nSPS) is 11.6. The molecule has 1 aromatic rings. The Balaban J connectivity index is 2.83. The summed E-state index contributed by atoms with van der Waals surface area (Å²) in [5.41, 5.74) is 0.325. The fourth-order valence-electron chi connectivity index (χ4n) is 1.43. The van der Waals surface area contributed by atoms with Gasteiger partial charge < -0.3 is 15.4 Å². The number of carbonyl (C=O) groups is 2. The second-order valence-electron chi connectivity index (χ2n) is 3.77. The van der Waals surface area contributed by atoms with E-state index in [2.05, 4.69) is 23.3 Å². The molecule has 1 atom stereocenters. The Hall–Kier alpha value is -1.76. The van der Waals surface area contributed by atoms with Gasteiger partial charge in [-0.2, -0.15) is 12.6 Å². The van der Waals surface area contributed by atoms with Crippen LogP contribution in [0.1, 0.15) is 6.92 Å². The van der Waals surface area contributed by atoms with E-state index in [1.807, 2.05) is 0 Å². The zero-order valence-corrected chi connectivity index (χ0v) is 11.5. The summed E-state index contributed by atoms with van der Waals surface area (Å²) >= 11 is 3.99. The highest BCUT2D eigenvalue weighted by Gasteiger charge is 2.19. The number of methoxy groups -OCH3 is 1. The van der Waals surface area contributed by atoms with Gasteiger partial charge in [0, 0.05) is 18.7 Å². The molecular formula is C12H15FN2O3S. The SMILES string of the molecule is COc1cc(F)ccc1NC(=O)C(CS)NC(C)=O. The molecule has 0 fully saturated rings. The number of halogens is 1. The van der Waals surface area contributed by atoms with Crippen molar-refractivity contribution < 1.29 is 18.7 Å². The van der Waals surface area contributed by atoms with Crippen molar-refractivity contribution in [2.45, 2.75) is 13.0 Å². The molecule has 19 heavy (non-hydrogen) atoms. The van der Waals surface area contributed by atoms with Crippen molar-refractivity contribution in [1.82, 2.24) is 5.32 Å². The molecule has 0 radical (unpaired) electrons. The van der Waals surface area contributed by atoms with Crippen LogP contribution in [0.4, 0.5) is 10.1 Å². The zero-order chi connectivity index (χ0) is 14.4. The van der Waals surface area contributed by atoms with E-state index in [-0.39, 0.29) is 17.4 Å². The number of anilines is 1. The Bertz CT molecular complexity index is 482. The third kappa shape index (κ3) is 4.44. The number of amides is 2. The van der Waals surface area contributed by atoms with Gasteiger partial charge in [0.25, 0.3) is 0 Å². The Morgan fingerprint density at radius 3 is 2.68 bits per heavy atom. The molecule has 1 aromatic carbocycles. The second-order valence-corrected chi connectivity index (χ2v) is 4.13. The van der Waals surface area contributed by atoms with Crippen LogP contribution in [-0.4, -0.2) is 30.7 Å². The lowest BCUT2D eigenvalue weighted by Gasteiger charge is -2.16. The summed E-state index contributed by atoms with van der Waals surface area (Å²) in [6.45, 7) is 1.31. The summed E-state index contributed by atoms with van der Waals surface area (Å²) in [5.74, 6) is -0.901. The summed E-state index contributed by atoms with van der Waals surface area (Å²) in [5, 5.41) is 5.01. The number of thiol groups is 1. The van der Waals surface area contributed by atoms with Gasteiger partial charge in [-0.3, -0.25) is 9.59 Å². The Kier molecular flexibility index (Phi) is 5.62. The van der Waals surface area contributed by atoms with Gasteiger partial charge >= 0.3 is 0 Å². The highest BCUT2D eigenvalue weighted by Crippen LogP contribution is 2.24. The third-order valence-electron chi connectivity index (χ3n) is 2.30. The number of benzene rings is 1. The molecule has 1 unspecified atom stereocenters. The topological polar surface area (TPSA) is 67.4 Å². The fourth-order valence-corrected chi connectivity index (χ4v) is 1.68. The number of ether oxygens (including phenoxy) is 1. The molecule has 0 heterocycles. The molecule has 0 aliphatic carbocycles. The predicted molar refractivity (Wildman–Crippen MR) is 73.0 cm³/mol. The van der Waals surface area contributed by atoms with Crippen molar-refractivity contribution in [3.63, 3.8) is 0 Å². The first kappa shape index (κ1) is 15.3. The lowest BCUT2D eigenvalue weighted by molar-refractivity contribution is -0.124. The summed E-state index contributed by atoms with van der Waals surface area (Å²) in [7, 11) is 1.37. The van der Waals surface area contributed by atoms with Gasteiger partial charge in [-0.25, -0.2) is 4.39 Å². The molecule has 5 nitrogen and oxygen atoms in total. The van der Waals surface area contributed by atoms with Gasteiger partial charge in [0.1, 0.15) is 17.6 Å². The van der Waals surface area contributed by atoms with Crippen LogP contribution in [0.25, 0.3) is 0 Å². The molecule has 0 aliphatic rings. The Labute approximate surface area is 115 Å². The van der Waals surface area contributed by atoms with E-state index in [4.69, 9.17) is 4.74 Å². The first-order chi connectivity index (χ1) is 8.97. The van der Waals surface area contributed by atoms with Crippen LogP contribution in [0.2, 0.25) is 0 Å². The molecule has 2 amide bonds. The maximum absolute atomic E-state index is 13.0. The van der Waals surface area contributed by atoms with E-state index in [0.29, 0.717) is 5.69 Å². The molecule has 0 saturated carbocycles. The van der Waals surface area contributed by atoms with Crippen molar-refractivity contribution in [3.8, 4) is 5.75 Å². The lowest BCUT2D eigenvalue weighted by Crippen LogP contribution is -2.44. The van der Waals surface area contributed by atoms with Crippen LogP contribution in [0.3, 0.4) is 0 Å². The van der Waals surface area contributed by atoms with Crippen LogP contribution in [-0.2, 0) is 9.59 Å². The molecule has 2 N–H and O–H groups in total. The van der Waals surface area contributed by atoms with E-state index >= 15 is 0 Å². The van der Waals surface area contributed by atoms with Gasteiger partial charge in [-0.05, 0) is 12.1 Å². The molecule has 0 saturated heterocycles. The number of carbonyl (C=O) groups excluding carboxylic acids is 2. The number of hydrogen-bond acceptors (Lipinski definition) is 4. The second kappa shape index (κ2) is 6.98. The molecule has 0 aromatic heterocycles.